The molecule has 7 heteroatoms. The number of amides is 1. The number of nitrogens with two attached hydrogens (primary N) is 1. The lowest BCUT2D eigenvalue weighted by atomic mass is 9.97. The van der Waals surface area contributed by atoms with Gasteiger partial charge in [0.15, 0.2) is 9.84 Å². The fourth-order valence-electron chi connectivity index (χ4n) is 1.44. The molecule has 0 aromatic rings. The van der Waals surface area contributed by atoms with Crippen molar-refractivity contribution in [2.45, 2.75) is 57.7 Å². The van der Waals surface area contributed by atoms with Crippen LogP contribution in [0.1, 0.15) is 47.5 Å². The topological polar surface area (TPSA) is 89.3 Å². The Bertz CT molecular complexity index is 386. The average Bonchev–Trinajstić information content (AvgIpc) is 2.15. The first kappa shape index (κ1) is 21.0. The molecule has 0 aromatic carbocycles. The summed E-state index contributed by atoms with van der Waals surface area (Å²) in [6.45, 7) is 8.65. The summed E-state index contributed by atoms with van der Waals surface area (Å²) in [7, 11) is -3.21. The van der Waals surface area contributed by atoms with Crippen LogP contribution in [-0.4, -0.2) is 36.9 Å². The minimum absolute atomic E-state index is 0. The van der Waals surface area contributed by atoms with E-state index in [2.05, 4.69) is 5.32 Å². The third-order valence-electron chi connectivity index (χ3n) is 2.88. The minimum Gasteiger partial charge on any atom is -0.353 e. The lowest BCUT2D eigenvalue weighted by molar-refractivity contribution is -0.125. The van der Waals surface area contributed by atoms with Crippen LogP contribution in [0, 0.1) is 0 Å². The SMILES string of the molecule is CCCC(C)(N)C(=O)NCCS(=O)(=O)C(C)(C)C.Cl. The molecule has 1 atom stereocenters. The second-order valence-electron chi connectivity index (χ2n) is 5.85. The van der Waals surface area contributed by atoms with Crippen LogP contribution in [-0.2, 0) is 14.6 Å². The number of halogens is 1. The number of sulfone groups is 1. The molecule has 19 heavy (non-hydrogen) atoms. The molecule has 0 aliphatic rings. The van der Waals surface area contributed by atoms with Gasteiger partial charge in [0.2, 0.25) is 5.91 Å². The zero-order valence-corrected chi connectivity index (χ0v) is 14.1. The molecule has 0 rings (SSSR count). The van der Waals surface area contributed by atoms with Crippen LogP contribution >= 0.6 is 12.4 Å². The van der Waals surface area contributed by atoms with Crippen molar-refractivity contribution in [3.8, 4) is 0 Å². The van der Waals surface area contributed by atoms with Crippen molar-refractivity contribution in [1.82, 2.24) is 5.32 Å². The lowest BCUT2D eigenvalue weighted by Gasteiger charge is -2.24. The van der Waals surface area contributed by atoms with Crippen molar-refractivity contribution in [3.63, 3.8) is 0 Å². The zero-order valence-electron chi connectivity index (χ0n) is 12.4. The van der Waals surface area contributed by atoms with E-state index in [-0.39, 0.29) is 30.6 Å². The standard InChI is InChI=1S/C12H26N2O3S.ClH/c1-6-7-12(5,13)10(15)14-8-9-18(16,17)11(2,3)4;/h6-9,13H2,1-5H3,(H,14,15);1H. The van der Waals surface area contributed by atoms with E-state index in [4.69, 9.17) is 5.73 Å². The molecule has 116 valence electrons. The van der Waals surface area contributed by atoms with Crippen LogP contribution in [0.15, 0.2) is 0 Å². The van der Waals surface area contributed by atoms with Crippen LogP contribution < -0.4 is 11.1 Å². The smallest absolute Gasteiger partial charge is 0.239 e. The van der Waals surface area contributed by atoms with E-state index < -0.39 is 20.1 Å². The first-order chi connectivity index (χ1) is 7.94. The van der Waals surface area contributed by atoms with Gasteiger partial charge >= 0.3 is 0 Å². The van der Waals surface area contributed by atoms with Gasteiger partial charge in [-0.15, -0.1) is 12.4 Å². The fraction of sp³-hybridized carbons (Fsp3) is 0.917. The van der Waals surface area contributed by atoms with E-state index in [1.54, 1.807) is 27.7 Å². The highest BCUT2D eigenvalue weighted by Gasteiger charge is 2.30. The number of hydrogen-bond donors (Lipinski definition) is 2. The number of carbonyl (C=O) groups is 1. The van der Waals surface area contributed by atoms with Crippen LogP contribution in [0.4, 0.5) is 0 Å². The summed E-state index contributed by atoms with van der Waals surface area (Å²) in [5.41, 5.74) is 4.91. The molecular weight excluding hydrogens is 288 g/mol. The monoisotopic (exact) mass is 314 g/mol. The maximum Gasteiger partial charge on any atom is 0.239 e. The van der Waals surface area contributed by atoms with Gasteiger partial charge in [-0.2, -0.15) is 0 Å². The Kier molecular flexibility index (Phi) is 8.23. The molecule has 5 nitrogen and oxygen atoms in total. The summed E-state index contributed by atoms with van der Waals surface area (Å²) in [5, 5.41) is 2.59. The van der Waals surface area contributed by atoms with Crippen LogP contribution in [0.3, 0.4) is 0 Å². The van der Waals surface area contributed by atoms with Gasteiger partial charge in [-0.25, -0.2) is 8.42 Å². The maximum atomic E-state index is 11.8. The number of rotatable bonds is 6. The van der Waals surface area contributed by atoms with Crippen LogP contribution in [0.25, 0.3) is 0 Å². The Balaban J connectivity index is 0. The molecule has 0 aliphatic carbocycles. The third-order valence-corrected chi connectivity index (χ3v) is 5.49. The number of nitrogens with one attached hydrogen (secondary N) is 1. The van der Waals surface area contributed by atoms with Gasteiger partial charge in [-0.05, 0) is 34.1 Å². The summed E-state index contributed by atoms with van der Waals surface area (Å²) in [5.74, 6) is -0.363. The van der Waals surface area contributed by atoms with E-state index in [1.807, 2.05) is 6.92 Å². The summed E-state index contributed by atoms with van der Waals surface area (Å²) < 4.78 is 22.9. The maximum absolute atomic E-state index is 11.8. The quantitative estimate of drug-likeness (QED) is 0.772. The second-order valence-corrected chi connectivity index (χ2v) is 8.72. The molecule has 0 saturated heterocycles. The molecule has 0 saturated carbocycles. The predicted molar refractivity (Wildman–Crippen MR) is 81.3 cm³/mol. The highest BCUT2D eigenvalue weighted by atomic mass is 35.5. The zero-order chi connectivity index (χ0) is 14.6. The average molecular weight is 315 g/mol. The number of carbonyl (C=O) groups excluding carboxylic acids is 1. The molecule has 0 spiro atoms. The van der Waals surface area contributed by atoms with E-state index in [0.29, 0.717) is 6.42 Å². The Morgan fingerprint density at radius 3 is 2.05 bits per heavy atom. The molecule has 0 heterocycles. The van der Waals surface area contributed by atoms with E-state index in [0.717, 1.165) is 6.42 Å². The Hall–Kier alpha value is -0.330. The van der Waals surface area contributed by atoms with Gasteiger partial charge in [0.05, 0.1) is 16.0 Å². The van der Waals surface area contributed by atoms with Gasteiger partial charge in [0.1, 0.15) is 0 Å². The third kappa shape index (κ3) is 6.58. The minimum atomic E-state index is -3.21. The summed E-state index contributed by atoms with van der Waals surface area (Å²) in [6, 6.07) is 0. The molecule has 0 aromatic heterocycles. The molecule has 1 amide bonds. The summed E-state index contributed by atoms with van der Waals surface area (Å²) in [4.78, 5) is 11.8. The van der Waals surface area contributed by atoms with E-state index in [9.17, 15) is 13.2 Å². The van der Waals surface area contributed by atoms with Crippen molar-refractivity contribution in [2.75, 3.05) is 12.3 Å². The predicted octanol–water partition coefficient (Wildman–Crippen LogP) is 1.26. The van der Waals surface area contributed by atoms with Crippen molar-refractivity contribution >= 4 is 28.2 Å². The van der Waals surface area contributed by atoms with Crippen molar-refractivity contribution in [1.29, 1.82) is 0 Å². The molecule has 0 aliphatic heterocycles. The van der Waals surface area contributed by atoms with Gasteiger partial charge in [-0.1, -0.05) is 13.3 Å². The Morgan fingerprint density at radius 1 is 1.21 bits per heavy atom. The Morgan fingerprint density at radius 2 is 1.68 bits per heavy atom. The molecule has 0 radical (unpaired) electrons. The molecule has 0 bridgehead atoms. The van der Waals surface area contributed by atoms with Crippen molar-refractivity contribution < 1.29 is 13.2 Å². The van der Waals surface area contributed by atoms with Gasteiger partial charge in [0.25, 0.3) is 0 Å². The first-order valence-corrected chi connectivity index (χ1v) is 7.89. The van der Waals surface area contributed by atoms with Gasteiger partial charge < -0.3 is 11.1 Å². The lowest BCUT2D eigenvalue weighted by Crippen LogP contribution is -2.52. The second kappa shape index (κ2) is 7.45. The first-order valence-electron chi connectivity index (χ1n) is 6.23. The molecular formula is C12H27ClN2O3S. The summed E-state index contributed by atoms with van der Waals surface area (Å²) in [6.07, 6.45) is 1.38. The highest BCUT2D eigenvalue weighted by molar-refractivity contribution is 7.92. The Labute approximate surface area is 123 Å². The number of hydrogen-bond acceptors (Lipinski definition) is 4. The molecule has 0 fully saturated rings. The van der Waals surface area contributed by atoms with Gasteiger partial charge in [-0.3, -0.25) is 4.79 Å². The fourth-order valence-corrected chi connectivity index (χ4v) is 2.42. The van der Waals surface area contributed by atoms with Crippen LogP contribution in [0.2, 0.25) is 0 Å². The van der Waals surface area contributed by atoms with Gasteiger partial charge in [0, 0.05) is 6.54 Å². The molecule has 3 N–H and O–H groups in total. The van der Waals surface area contributed by atoms with Crippen molar-refractivity contribution in [2.24, 2.45) is 5.73 Å². The largest absolute Gasteiger partial charge is 0.353 e. The van der Waals surface area contributed by atoms with Crippen molar-refractivity contribution in [3.05, 3.63) is 0 Å². The van der Waals surface area contributed by atoms with E-state index >= 15 is 0 Å². The highest BCUT2D eigenvalue weighted by Crippen LogP contribution is 2.15. The van der Waals surface area contributed by atoms with Crippen LogP contribution in [0.5, 0.6) is 0 Å². The molecule has 1 unspecified atom stereocenters. The van der Waals surface area contributed by atoms with E-state index in [1.165, 1.54) is 0 Å². The normalized spacial score (nSPS) is 15.3. The summed E-state index contributed by atoms with van der Waals surface area (Å²) >= 11 is 0.